The van der Waals surface area contributed by atoms with Crippen molar-refractivity contribution in [3.8, 4) is 22.7 Å². The third-order valence-corrected chi connectivity index (χ3v) is 6.68. The number of fused-ring (bicyclic) bond motifs is 5. The molecule has 0 saturated carbocycles. The first-order chi connectivity index (χ1) is 16.1. The summed E-state index contributed by atoms with van der Waals surface area (Å²) in [7, 11) is 1.70. The lowest BCUT2D eigenvalue weighted by Crippen LogP contribution is -2.26. The van der Waals surface area contributed by atoms with Gasteiger partial charge >= 0.3 is 0 Å². The summed E-state index contributed by atoms with van der Waals surface area (Å²) in [6.45, 7) is 6.67. The molecule has 3 aliphatic heterocycles. The zero-order valence-corrected chi connectivity index (χ0v) is 19.1. The van der Waals surface area contributed by atoms with E-state index in [0.29, 0.717) is 24.2 Å². The number of benzene rings is 1. The fraction of sp³-hybridized carbons (Fsp3) is 0.458. The summed E-state index contributed by atoms with van der Waals surface area (Å²) < 4.78 is 15.5. The molecule has 2 atom stereocenters. The summed E-state index contributed by atoms with van der Waals surface area (Å²) in [5.41, 5.74) is 9.21. The van der Waals surface area contributed by atoms with E-state index >= 15 is 0 Å². The maximum absolute atomic E-state index is 5.75. The molecular formula is C24H28N6O3. The lowest BCUT2D eigenvalue weighted by molar-refractivity contribution is 0.158. The van der Waals surface area contributed by atoms with Gasteiger partial charge in [0.15, 0.2) is 0 Å². The molecule has 1 N–H and O–H groups in total. The lowest BCUT2D eigenvalue weighted by atomic mass is 10.0. The molecule has 6 rings (SSSR count). The minimum atomic E-state index is -0.0772. The minimum Gasteiger partial charge on any atom is -0.497 e. The first-order valence-electron chi connectivity index (χ1n) is 11.5. The molecule has 0 bridgehead atoms. The van der Waals surface area contributed by atoms with Crippen molar-refractivity contribution < 1.29 is 14.3 Å². The third kappa shape index (κ3) is 3.43. The fourth-order valence-electron chi connectivity index (χ4n) is 4.82. The van der Waals surface area contributed by atoms with E-state index in [9.17, 15) is 0 Å². The summed E-state index contributed by atoms with van der Waals surface area (Å²) in [5.74, 6) is 2.15. The number of hydroxylamine groups is 1. The van der Waals surface area contributed by atoms with Crippen LogP contribution in [0, 0.1) is 11.8 Å². The molecule has 9 nitrogen and oxygen atoms in total. The molecule has 2 unspecified atom stereocenters. The molecule has 1 aromatic carbocycles. The van der Waals surface area contributed by atoms with Crippen LogP contribution in [-0.4, -0.2) is 51.7 Å². The highest BCUT2D eigenvalue weighted by Gasteiger charge is 2.31. The van der Waals surface area contributed by atoms with Crippen LogP contribution in [0.25, 0.3) is 16.9 Å². The standard InChI is InChI=1S/C24H28N6O3/c1-14(2)23-27-24(33-28-23)21-20-8-16-10-26-30(11-15-6-7-32-12-15)22(16)18-9-17(31-3)4-5-19(18)29(20)13-25-21/h4-5,9-10,13-15,23,28H,6-8,11-12H2,1-3H3. The molecule has 1 saturated heterocycles. The summed E-state index contributed by atoms with van der Waals surface area (Å²) in [6.07, 6.45) is 5.50. The summed E-state index contributed by atoms with van der Waals surface area (Å²) in [4.78, 5) is 15.2. The van der Waals surface area contributed by atoms with Crippen molar-refractivity contribution >= 4 is 5.90 Å². The van der Waals surface area contributed by atoms with Crippen LogP contribution in [0.1, 0.15) is 37.2 Å². The first kappa shape index (κ1) is 20.4. The zero-order valence-electron chi connectivity index (χ0n) is 19.1. The van der Waals surface area contributed by atoms with E-state index in [1.807, 2.05) is 18.6 Å². The Hall–Kier alpha value is -3.17. The van der Waals surface area contributed by atoms with E-state index in [0.717, 1.165) is 65.8 Å². The van der Waals surface area contributed by atoms with Gasteiger partial charge in [0.1, 0.15) is 23.9 Å². The van der Waals surface area contributed by atoms with Gasteiger partial charge in [-0.15, -0.1) is 5.48 Å². The van der Waals surface area contributed by atoms with Crippen molar-refractivity contribution in [1.29, 1.82) is 0 Å². The minimum absolute atomic E-state index is 0.0772. The van der Waals surface area contributed by atoms with Crippen molar-refractivity contribution in [2.24, 2.45) is 16.8 Å². The van der Waals surface area contributed by atoms with Gasteiger partial charge in [-0.05, 0) is 30.5 Å². The molecule has 3 aliphatic rings. The van der Waals surface area contributed by atoms with Crippen LogP contribution in [0.5, 0.6) is 5.75 Å². The van der Waals surface area contributed by atoms with Gasteiger partial charge in [0.2, 0.25) is 0 Å². The number of ether oxygens (including phenoxy) is 2. The number of aliphatic imine (C=N–C) groups is 1. The van der Waals surface area contributed by atoms with E-state index in [2.05, 4.69) is 40.7 Å². The Bertz CT molecular complexity index is 1220. The van der Waals surface area contributed by atoms with E-state index in [1.54, 1.807) is 7.11 Å². The molecule has 3 aromatic rings. The van der Waals surface area contributed by atoms with E-state index in [-0.39, 0.29) is 6.17 Å². The van der Waals surface area contributed by atoms with Crippen molar-refractivity contribution in [3.05, 3.63) is 47.7 Å². The van der Waals surface area contributed by atoms with Gasteiger partial charge in [-0.3, -0.25) is 4.68 Å². The van der Waals surface area contributed by atoms with Crippen LogP contribution in [0.2, 0.25) is 0 Å². The topological polar surface area (TPSA) is 87.7 Å². The third-order valence-electron chi connectivity index (χ3n) is 6.68. The van der Waals surface area contributed by atoms with Gasteiger partial charge in [0.05, 0.1) is 37.0 Å². The Labute approximate surface area is 192 Å². The number of nitrogens with one attached hydrogen (secondary N) is 1. The smallest absolute Gasteiger partial charge is 0.262 e. The van der Waals surface area contributed by atoms with Crippen LogP contribution in [-0.2, 0) is 22.5 Å². The SMILES string of the molecule is COc1ccc2c(c1)-c1c(cnn1CC1CCOC1)Cc1c(C3=NC(C(C)C)NO3)ncn1-2. The van der Waals surface area contributed by atoms with Gasteiger partial charge in [-0.1, -0.05) is 13.8 Å². The normalized spacial score (nSPS) is 21.3. The number of imidazole rings is 1. The number of hydrogen-bond acceptors (Lipinski definition) is 7. The second-order valence-corrected chi connectivity index (χ2v) is 9.24. The fourth-order valence-corrected chi connectivity index (χ4v) is 4.82. The summed E-state index contributed by atoms with van der Waals surface area (Å²) >= 11 is 0. The summed E-state index contributed by atoms with van der Waals surface area (Å²) in [5, 5.41) is 4.79. The highest BCUT2D eigenvalue weighted by Crippen LogP contribution is 2.39. The molecule has 1 fully saturated rings. The van der Waals surface area contributed by atoms with E-state index in [1.165, 1.54) is 0 Å². The molecule has 2 aromatic heterocycles. The highest BCUT2D eigenvalue weighted by molar-refractivity contribution is 5.95. The van der Waals surface area contributed by atoms with Crippen LogP contribution >= 0.6 is 0 Å². The number of methoxy groups -OCH3 is 1. The van der Waals surface area contributed by atoms with E-state index < -0.39 is 0 Å². The number of nitrogens with zero attached hydrogens (tertiary/aromatic N) is 5. The summed E-state index contributed by atoms with van der Waals surface area (Å²) in [6, 6.07) is 6.16. The molecular weight excluding hydrogens is 420 g/mol. The van der Waals surface area contributed by atoms with E-state index in [4.69, 9.17) is 29.4 Å². The van der Waals surface area contributed by atoms with Crippen LogP contribution in [0.3, 0.4) is 0 Å². The Morgan fingerprint density at radius 1 is 1.30 bits per heavy atom. The molecule has 5 heterocycles. The van der Waals surface area contributed by atoms with Gasteiger partial charge < -0.3 is 18.9 Å². The Morgan fingerprint density at radius 2 is 2.21 bits per heavy atom. The first-order valence-corrected chi connectivity index (χ1v) is 11.5. The van der Waals surface area contributed by atoms with Gasteiger partial charge in [0.25, 0.3) is 5.90 Å². The molecule has 0 radical (unpaired) electrons. The quantitative estimate of drug-likeness (QED) is 0.505. The molecule has 9 heteroatoms. The Balaban J connectivity index is 1.48. The second-order valence-electron chi connectivity index (χ2n) is 9.24. The maximum Gasteiger partial charge on any atom is 0.262 e. The highest BCUT2D eigenvalue weighted by atomic mass is 16.7. The predicted octanol–water partition coefficient (Wildman–Crippen LogP) is 2.95. The molecule has 33 heavy (non-hydrogen) atoms. The lowest BCUT2D eigenvalue weighted by Gasteiger charge is -2.15. The van der Waals surface area contributed by atoms with Crippen molar-refractivity contribution in [2.45, 2.75) is 39.4 Å². The van der Waals surface area contributed by atoms with Crippen LogP contribution in [0.15, 0.2) is 35.7 Å². The van der Waals surface area contributed by atoms with Crippen molar-refractivity contribution in [3.63, 3.8) is 0 Å². The number of aromatic nitrogens is 4. The molecule has 0 spiro atoms. The molecule has 0 amide bonds. The van der Waals surface area contributed by atoms with Crippen LogP contribution in [0.4, 0.5) is 0 Å². The van der Waals surface area contributed by atoms with Gasteiger partial charge in [-0.2, -0.15) is 5.10 Å². The Kier molecular flexibility index (Phi) is 4.95. The average Bonchev–Trinajstić information content (AvgIpc) is 3.61. The second kappa shape index (κ2) is 8.00. The average molecular weight is 449 g/mol. The van der Waals surface area contributed by atoms with Gasteiger partial charge in [0, 0.05) is 36.6 Å². The Morgan fingerprint density at radius 3 is 2.97 bits per heavy atom. The van der Waals surface area contributed by atoms with Crippen molar-refractivity contribution in [1.82, 2.24) is 24.8 Å². The largest absolute Gasteiger partial charge is 0.497 e. The predicted molar refractivity (Wildman–Crippen MR) is 122 cm³/mol. The number of rotatable bonds is 5. The number of hydrogen-bond donors (Lipinski definition) is 1. The van der Waals surface area contributed by atoms with Crippen molar-refractivity contribution in [2.75, 3.05) is 20.3 Å². The molecule has 172 valence electrons. The maximum atomic E-state index is 5.75. The zero-order chi connectivity index (χ0) is 22.5. The molecule has 0 aliphatic carbocycles. The van der Waals surface area contributed by atoms with Crippen LogP contribution < -0.4 is 10.2 Å². The monoisotopic (exact) mass is 448 g/mol. The van der Waals surface area contributed by atoms with Gasteiger partial charge in [-0.25, -0.2) is 9.98 Å².